The lowest BCUT2D eigenvalue weighted by atomic mass is 9.96. The maximum Gasteiger partial charge on any atom is 0.120 e. The highest BCUT2D eigenvalue weighted by Crippen LogP contribution is 2.31. The summed E-state index contributed by atoms with van der Waals surface area (Å²) in [6.07, 6.45) is 5.88. The highest BCUT2D eigenvalue weighted by atomic mass is 79.9. The fourth-order valence-corrected chi connectivity index (χ4v) is 2.71. The van der Waals surface area contributed by atoms with E-state index in [0.717, 1.165) is 21.5 Å². The molecule has 0 radical (unpaired) electrons. The first-order valence-corrected chi connectivity index (χ1v) is 6.98. The van der Waals surface area contributed by atoms with E-state index in [1.54, 1.807) is 0 Å². The van der Waals surface area contributed by atoms with E-state index in [1.165, 1.54) is 19.3 Å². The average molecular weight is 307 g/mol. The number of nitrogens with zero attached hydrogens (tertiary/aromatic N) is 2. The molecule has 0 bridgehead atoms. The third-order valence-corrected chi connectivity index (χ3v) is 3.94. The molecule has 0 saturated heterocycles. The molecule has 0 amide bonds. The lowest BCUT2D eigenvalue weighted by Gasteiger charge is -2.26. The van der Waals surface area contributed by atoms with Crippen LogP contribution < -0.4 is 4.74 Å². The van der Waals surface area contributed by atoms with Crippen LogP contribution in [-0.2, 0) is 7.05 Å². The van der Waals surface area contributed by atoms with Crippen molar-refractivity contribution in [3.8, 4) is 17.0 Å². The summed E-state index contributed by atoms with van der Waals surface area (Å²) < 4.78 is 8.80. The van der Waals surface area contributed by atoms with Crippen molar-refractivity contribution in [3.63, 3.8) is 0 Å². The van der Waals surface area contributed by atoms with Crippen LogP contribution in [0.4, 0.5) is 0 Å². The number of hydrogen-bond donors (Lipinski definition) is 0. The Kier molecular flexibility index (Phi) is 3.12. The third kappa shape index (κ3) is 2.17. The Morgan fingerprint density at radius 1 is 1.39 bits per heavy atom. The molecular formula is C14H15BrN2O. The molecule has 3 nitrogen and oxygen atoms in total. The van der Waals surface area contributed by atoms with Crippen LogP contribution in [0.3, 0.4) is 0 Å². The van der Waals surface area contributed by atoms with Crippen LogP contribution in [0.5, 0.6) is 5.75 Å². The quantitative estimate of drug-likeness (QED) is 0.863. The molecule has 94 valence electrons. The molecule has 1 aliphatic rings. The lowest BCUT2D eigenvalue weighted by Crippen LogP contribution is -2.24. The minimum Gasteiger partial charge on any atom is -0.490 e. The van der Waals surface area contributed by atoms with Gasteiger partial charge in [0.15, 0.2) is 0 Å². The molecule has 1 aliphatic carbocycles. The Labute approximate surface area is 115 Å². The number of aromatic nitrogens is 2. The van der Waals surface area contributed by atoms with Gasteiger partial charge in [-0.1, -0.05) is 12.1 Å². The van der Waals surface area contributed by atoms with Crippen molar-refractivity contribution in [2.75, 3.05) is 0 Å². The molecular weight excluding hydrogens is 292 g/mol. The van der Waals surface area contributed by atoms with Gasteiger partial charge in [0, 0.05) is 12.6 Å². The van der Waals surface area contributed by atoms with Gasteiger partial charge in [-0.2, -0.15) is 5.10 Å². The molecule has 1 aromatic carbocycles. The molecule has 0 unspecified atom stereocenters. The number of rotatable bonds is 3. The molecule has 1 saturated carbocycles. The Hall–Kier alpha value is -1.29. The fraction of sp³-hybridized carbons (Fsp3) is 0.357. The van der Waals surface area contributed by atoms with E-state index < -0.39 is 0 Å². The zero-order chi connectivity index (χ0) is 12.5. The second kappa shape index (κ2) is 4.76. The maximum absolute atomic E-state index is 5.92. The van der Waals surface area contributed by atoms with Gasteiger partial charge < -0.3 is 4.74 Å². The van der Waals surface area contributed by atoms with Gasteiger partial charge >= 0.3 is 0 Å². The summed E-state index contributed by atoms with van der Waals surface area (Å²) >= 11 is 3.53. The lowest BCUT2D eigenvalue weighted by molar-refractivity contribution is 0.120. The van der Waals surface area contributed by atoms with Crippen molar-refractivity contribution in [1.29, 1.82) is 0 Å². The largest absolute Gasteiger partial charge is 0.490 e. The zero-order valence-corrected chi connectivity index (χ0v) is 11.9. The highest BCUT2D eigenvalue weighted by molar-refractivity contribution is 9.10. The smallest absolute Gasteiger partial charge is 0.120 e. The molecule has 1 heterocycles. The summed E-state index contributed by atoms with van der Waals surface area (Å²) in [5.41, 5.74) is 2.20. The molecule has 3 rings (SSSR count). The Balaban J connectivity index is 1.90. The van der Waals surface area contributed by atoms with Gasteiger partial charge in [0.05, 0.1) is 22.5 Å². The molecule has 0 spiro atoms. The van der Waals surface area contributed by atoms with Crippen molar-refractivity contribution in [1.82, 2.24) is 9.78 Å². The van der Waals surface area contributed by atoms with Gasteiger partial charge in [-0.05, 0) is 47.3 Å². The Bertz CT molecular complexity index is 541. The summed E-state index contributed by atoms with van der Waals surface area (Å²) in [5, 5.41) is 4.24. The molecule has 2 aromatic rings. The van der Waals surface area contributed by atoms with Crippen LogP contribution in [0.15, 0.2) is 34.9 Å². The van der Waals surface area contributed by atoms with Crippen molar-refractivity contribution in [2.24, 2.45) is 7.05 Å². The first-order chi connectivity index (χ1) is 8.74. The predicted octanol–water partition coefficient (Wildman–Crippen LogP) is 3.78. The van der Waals surface area contributed by atoms with Gasteiger partial charge in [0.25, 0.3) is 0 Å². The van der Waals surface area contributed by atoms with Gasteiger partial charge in [-0.3, -0.25) is 4.68 Å². The predicted molar refractivity (Wildman–Crippen MR) is 74.6 cm³/mol. The second-order valence-electron chi connectivity index (χ2n) is 4.66. The van der Waals surface area contributed by atoms with Gasteiger partial charge in [-0.25, -0.2) is 0 Å². The van der Waals surface area contributed by atoms with E-state index in [-0.39, 0.29) is 0 Å². The van der Waals surface area contributed by atoms with Crippen LogP contribution in [0, 0.1) is 0 Å². The molecule has 4 heteroatoms. The van der Waals surface area contributed by atoms with Crippen LogP contribution >= 0.6 is 15.9 Å². The summed E-state index contributed by atoms with van der Waals surface area (Å²) in [4.78, 5) is 0. The maximum atomic E-state index is 5.92. The van der Waals surface area contributed by atoms with Crippen LogP contribution in [-0.4, -0.2) is 15.9 Å². The summed E-state index contributed by atoms with van der Waals surface area (Å²) in [5.74, 6) is 0.949. The first kappa shape index (κ1) is 11.8. The first-order valence-electron chi connectivity index (χ1n) is 6.18. The second-order valence-corrected chi connectivity index (χ2v) is 5.52. The minimum atomic E-state index is 0.412. The highest BCUT2D eigenvalue weighted by Gasteiger charge is 2.19. The number of hydrogen-bond acceptors (Lipinski definition) is 2. The van der Waals surface area contributed by atoms with E-state index >= 15 is 0 Å². The normalized spacial score (nSPS) is 15.4. The van der Waals surface area contributed by atoms with Crippen LogP contribution in [0.25, 0.3) is 11.3 Å². The van der Waals surface area contributed by atoms with E-state index in [9.17, 15) is 0 Å². The van der Waals surface area contributed by atoms with Crippen molar-refractivity contribution in [2.45, 2.75) is 25.4 Å². The molecule has 0 aliphatic heterocycles. The number of ether oxygens (including phenoxy) is 1. The summed E-state index contributed by atoms with van der Waals surface area (Å²) in [6, 6.07) is 8.21. The third-order valence-electron chi connectivity index (χ3n) is 3.36. The average Bonchev–Trinajstić information content (AvgIpc) is 2.64. The summed E-state index contributed by atoms with van der Waals surface area (Å²) in [7, 11) is 1.94. The Morgan fingerprint density at radius 2 is 2.22 bits per heavy atom. The molecule has 0 atom stereocenters. The molecule has 18 heavy (non-hydrogen) atoms. The van der Waals surface area contributed by atoms with Crippen molar-refractivity contribution >= 4 is 15.9 Å². The van der Waals surface area contributed by atoms with Crippen LogP contribution in [0.2, 0.25) is 0 Å². The zero-order valence-electron chi connectivity index (χ0n) is 10.3. The minimum absolute atomic E-state index is 0.412. The molecule has 1 aromatic heterocycles. The monoisotopic (exact) mass is 306 g/mol. The molecule has 1 fully saturated rings. The number of aryl methyl sites for hydroxylation is 1. The standard InChI is InChI=1S/C14H15BrN2O/c1-17-14(13(15)9-16-17)10-4-2-7-12(8-10)18-11-5-3-6-11/h2,4,7-9,11H,3,5-6H2,1H3. The summed E-state index contributed by atoms with van der Waals surface area (Å²) in [6.45, 7) is 0. The van der Waals surface area contributed by atoms with E-state index in [2.05, 4.69) is 33.2 Å². The number of halogens is 1. The van der Waals surface area contributed by atoms with Gasteiger partial charge in [0.2, 0.25) is 0 Å². The molecule has 0 N–H and O–H groups in total. The van der Waals surface area contributed by atoms with Crippen molar-refractivity contribution < 1.29 is 4.74 Å². The fourth-order valence-electron chi connectivity index (χ4n) is 2.13. The van der Waals surface area contributed by atoms with E-state index in [4.69, 9.17) is 4.74 Å². The van der Waals surface area contributed by atoms with Gasteiger partial charge in [-0.15, -0.1) is 0 Å². The topological polar surface area (TPSA) is 27.1 Å². The van der Waals surface area contributed by atoms with Gasteiger partial charge in [0.1, 0.15) is 5.75 Å². The van der Waals surface area contributed by atoms with Crippen molar-refractivity contribution in [3.05, 3.63) is 34.9 Å². The van der Waals surface area contributed by atoms with E-state index in [1.807, 2.05) is 30.1 Å². The SMILES string of the molecule is Cn1ncc(Br)c1-c1cccc(OC2CCC2)c1. The number of benzene rings is 1. The van der Waals surface area contributed by atoms with Crippen LogP contribution in [0.1, 0.15) is 19.3 Å². The Morgan fingerprint density at radius 3 is 2.83 bits per heavy atom. The van der Waals surface area contributed by atoms with E-state index in [0.29, 0.717) is 6.10 Å².